The number of anilines is 2. The maximum absolute atomic E-state index is 13.7. The first-order valence-corrected chi connectivity index (χ1v) is 8.77. The Labute approximate surface area is 158 Å². The summed E-state index contributed by atoms with van der Waals surface area (Å²) in [6.07, 6.45) is 0. The monoisotopic (exact) mass is 387 g/mol. The summed E-state index contributed by atoms with van der Waals surface area (Å²) in [5, 5.41) is 5.62. The number of nitrogens with one attached hydrogen (secondary N) is 2. The third-order valence-corrected chi connectivity index (χ3v) is 4.83. The number of hydrogen-bond acceptors (Lipinski definition) is 4. The standard InChI is InChI=1S/C19H15F2N3O2S/c1-10-17(27-19(22-10)12-3-5-13(20)6-4-12)18(26)24-14-7-8-15(21)16(9-14)23-11(2)25/h3-9H,1-2H3,(H,23,25)(H,24,26). The summed E-state index contributed by atoms with van der Waals surface area (Å²) in [5.74, 6) is -1.77. The van der Waals surface area contributed by atoms with Gasteiger partial charge in [-0.05, 0) is 49.4 Å². The smallest absolute Gasteiger partial charge is 0.267 e. The van der Waals surface area contributed by atoms with Gasteiger partial charge in [-0.15, -0.1) is 11.3 Å². The van der Waals surface area contributed by atoms with Crippen LogP contribution < -0.4 is 10.6 Å². The highest BCUT2D eigenvalue weighted by molar-refractivity contribution is 7.17. The number of halogens is 2. The van der Waals surface area contributed by atoms with E-state index in [1.54, 1.807) is 19.1 Å². The quantitative estimate of drug-likeness (QED) is 0.687. The van der Waals surface area contributed by atoms with Crippen LogP contribution in [0.1, 0.15) is 22.3 Å². The minimum Gasteiger partial charge on any atom is -0.324 e. The van der Waals surface area contributed by atoms with E-state index in [-0.39, 0.29) is 11.5 Å². The molecule has 0 unspecified atom stereocenters. The molecule has 3 rings (SSSR count). The van der Waals surface area contributed by atoms with E-state index in [0.717, 1.165) is 6.07 Å². The minimum atomic E-state index is -0.601. The number of aromatic nitrogens is 1. The fraction of sp³-hybridized carbons (Fsp3) is 0.105. The van der Waals surface area contributed by atoms with E-state index in [1.165, 1.54) is 42.5 Å². The molecule has 0 saturated heterocycles. The molecule has 0 fully saturated rings. The number of thiazole rings is 1. The summed E-state index contributed by atoms with van der Waals surface area (Å²) >= 11 is 1.17. The third kappa shape index (κ3) is 4.35. The van der Waals surface area contributed by atoms with Crippen LogP contribution in [0.2, 0.25) is 0 Å². The topological polar surface area (TPSA) is 71.1 Å². The molecule has 0 atom stereocenters. The lowest BCUT2D eigenvalue weighted by Crippen LogP contribution is -2.13. The summed E-state index contributed by atoms with van der Waals surface area (Å²) in [4.78, 5) is 28.4. The van der Waals surface area contributed by atoms with Crippen LogP contribution in [0.4, 0.5) is 20.2 Å². The Morgan fingerprint density at radius 2 is 1.74 bits per heavy atom. The second-order valence-electron chi connectivity index (χ2n) is 5.77. The molecule has 2 amide bonds. The zero-order valence-electron chi connectivity index (χ0n) is 14.5. The van der Waals surface area contributed by atoms with Crippen molar-refractivity contribution in [3.05, 3.63) is 64.7 Å². The summed E-state index contributed by atoms with van der Waals surface area (Å²) < 4.78 is 26.8. The molecule has 0 aliphatic carbocycles. The molecule has 138 valence electrons. The van der Waals surface area contributed by atoms with Gasteiger partial charge in [0.05, 0.1) is 11.4 Å². The van der Waals surface area contributed by atoms with E-state index in [9.17, 15) is 18.4 Å². The highest BCUT2D eigenvalue weighted by Gasteiger charge is 2.17. The largest absolute Gasteiger partial charge is 0.324 e. The van der Waals surface area contributed by atoms with Crippen LogP contribution in [-0.2, 0) is 4.79 Å². The van der Waals surface area contributed by atoms with Crippen LogP contribution in [0.15, 0.2) is 42.5 Å². The van der Waals surface area contributed by atoms with Crippen LogP contribution in [-0.4, -0.2) is 16.8 Å². The second-order valence-corrected chi connectivity index (χ2v) is 6.77. The number of carbonyl (C=O) groups excluding carboxylic acids is 2. The Hall–Kier alpha value is -3.13. The van der Waals surface area contributed by atoms with Gasteiger partial charge in [-0.1, -0.05) is 0 Å². The van der Waals surface area contributed by atoms with Gasteiger partial charge < -0.3 is 10.6 Å². The first kappa shape index (κ1) is 18.7. The van der Waals surface area contributed by atoms with Gasteiger partial charge in [0, 0.05) is 18.2 Å². The SMILES string of the molecule is CC(=O)Nc1cc(NC(=O)c2sc(-c3ccc(F)cc3)nc2C)ccc1F. The molecule has 0 aliphatic heterocycles. The molecule has 8 heteroatoms. The van der Waals surface area contributed by atoms with E-state index in [4.69, 9.17) is 0 Å². The molecule has 2 N–H and O–H groups in total. The van der Waals surface area contributed by atoms with Gasteiger partial charge in [0.25, 0.3) is 5.91 Å². The van der Waals surface area contributed by atoms with Crippen molar-refractivity contribution in [3.8, 4) is 10.6 Å². The summed E-state index contributed by atoms with van der Waals surface area (Å²) in [7, 11) is 0. The zero-order valence-corrected chi connectivity index (χ0v) is 15.3. The van der Waals surface area contributed by atoms with E-state index in [1.807, 2.05) is 0 Å². The average Bonchev–Trinajstić information content (AvgIpc) is 3.00. The lowest BCUT2D eigenvalue weighted by molar-refractivity contribution is -0.114. The fourth-order valence-corrected chi connectivity index (χ4v) is 3.37. The van der Waals surface area contributed by atoms with Crippen molar-refractivity contribution in [3.63, 3.8) is 0 Å². The summed E-state index contributed by atoms with van der Waals surface area (Å²) in [5.41, 5.74) is 1.55. The zero-order chi connectivity index (χ0) is 19.6. The minimum absolute atomic E-state index is 0.0201. The van der Waals surface area contributed by atoms with E-state index >= 15 is 0 Å². The third-order valence-electron chi connectivity index (χ3n) is 3.63. The molecule has 0 spiro atoms. The molecular formula is C19H15F2N3O2S. The summed E-state index contributed by atoms with van der Waals surface area (Å²) in [6, 6.07) is 9.73. The second kappa shape index (κ2) is 7.63. The van der Waals surface area contributed by atoms with Crippen molar-refractivity contribution in [2.75, 3.05) is 10.6 Å². The van der Waals surface area contributed by atoms with Crippen molar-refractivity contribution < 1.29 is 18.4 Å². The number of rotatable bonds is 4. The van der Waals surface area contributed by atoms with Crippen LogP contribution in [0.25, 0.3) is 10.6 Å². The number of carbonyl (C=O) groups is 2. The number of nitrogens with zero attached hydrogens (tertiary/aromatic N) is 1. The molecule has 0 saturated carbocycles. The van der Waals surface area contributed by atoms with Crippen LogP contribution in [0, 0.1) is 18.6 Å². The molecule has 0 bridgehead atoms. The van der Waals surface area contributed by atoms with Crippen molar-refractivity contribution in [1.82, 2.24) is 4.98 Å². The normalized spacial score (nSPS) is 10.5. The molecule has 0 radical (unpaired) electrons. The van der Waals surface area contributed by atoms with Crippen molar-refractivity contribution in [1.29, 1.82) is 0 Å². The summed E-state index contributed by atoms with van der Waals surface area (Å²) in [6.45, 7) is 2.97. The first-order chi connectivity index (χ1) is 12.8. The lowest BCUT2D eigenvalue weighted by Gasteiger charge is -2.08. The highest BCUT2D eigenvalue weighted by Crippen LogP contribution is 2.29. The predicted octanol–water partition coefficient (Wildman–Crippen LogP) is 4.61. The van der Waals surface area contributed by atoms with Gasteiger partial charge in [-0.2, -0.15) is 0 Å². The molecule has 5 nitrogen and oxygen atoms in total. The molecular weight excluding hydrogens is 372 g/mol. The maximum atomic E-state index is 13.7. The Bertz CT molecular complexity index is 1020. The van der Waals surface area contributed by atoms with E-state index < -0.39 is 17.6 Å². The van der Waals surface area contributed by atoms with Gasteiger partial charge in [0.1, 0.15) is 21.5 Å². The van der Waals surface area contributed by atoms with Crippen molar-refractivity contribution in [2.45, 2.75) is 13.8 Å². The highest BCUT2D eigenvalue weighted by atomic mass is 32.1. The van der Waals surface area contributed by atoms with E-state index in [0.29, 0.717) is 26.8 Å². The fourth-order valence-electron chi connectivity index (χ4n) is 2.40. The van der Waals surface area contributed by atoms with E-state index in [2.05, 4.69) is 15.6 Å². The van der Waals surface area contributed by atoms with Gasteiger partial charge >= 0.3 is 0 Å². The van der Waals surface area contributed by atoms with Crippen LogP contribution >= 0.6 is 11.3 Å². The van der Waals surface area contributed by atoms with Crippen LogP contribution in [0.3, 0.4) is 0 Å². The molecule has 1 heterocycles. The van der Waals surface area contributed by atoms with Crippen LogP contribution in [0.5, 0.6) is 0 Å². The Morgan fingerprint density at radius 1 is 1.04 bits per heavy atom. The Morgan fingerprint density at radius 3 is 2.41 bits per heavy atom. The molecule has 2 aromatic carbocycles. The molecule has 27 heavy (non-hydrogen) atoms. The Balaban J connectivity index is 1.82. The van der Waals surface area contributed by atoms with Gasteiger partial charge in [-0.25, -0.2) is 13.8 Å². The number of amides is 2. The van der Waals surface area contributed by atoms with Gasteiger partial charge in [0.15, 0.2) is 0 Å². The molecule has 0 aliphatic rings. The molecule has 1 aromatic heterocycles. The molecule has 3 aromatic rings. The van der Waals surface area contributed by atoms with Crippen molar-refractivity contribution in [2.24, 2.45) is 0 Å². The average molecular weight is 387 g/mol. The predicted molar refractivity (Wildman–Crippen MR) is 101 cm³/mol. The lowest BCUT2D eigenvalue weighted by atomic mass is 10.2. The van der Waals surface area contributed by atoms with Crippen molar-refractivity contribution >= 4 is 34.5 Å². The van der Waals surface area contributed by atoms with Gasteiger partial charge in [0.2, 0.25) is 5.91 Å². The maximum Gasteiger partial charge on any atom is 0.267 e. The number of benzene rings is 2. The first-order valence-electron chi connectivity index (χ1n) is 7.95. The number of aryl methyl sites for hydroxylation is 1. The Kier molecular flexibility index (Phi) is 5.27. The number of hydrogen-bond donors (Lipinski definition) is 2. The van der Waals surface area contributed by atoms with Gasteiger partial charge in [-0.3, -0.25) is 9.59 Å².